The highest BCUT2D eigenvalue weighted by molar-refractivity contribution is 5.93. The summed E-state index contributed by atoms with van der Waals surface area (Å²) in [6.07, 6.45) is 1.87. The van der Waals surface area contributed by atoms with E-state index in [1.54, 1.807) is 19.0 Å². The third-order valence-corrected chi connectivity index (χ3v) is 5.48. The zero-order chi connectivity index (χ0) is 25.0. The molecule has 1 aromatic rings. The molecule has 0 aliphatic carbocycles. The molecular formula is C23H39N7O3. The summed E-state index contributed by atoms with van der Waals surface area (Å²) in [6.45, 7) is 4.21. The molecule has 0 bridgehead atoms. The summed E-state index contributed by atoms with van der Waals surface area (Å²) in [5, 5.41) is 5.44. The molecule has 0 fully saturated rings. The van der Waals surface area contributed by atoms with Gasteiger partial charge in [-0.05, 0) is 24.3 Å². The van der Waals surface area contributed by atoms with Crippen molar-refractivity contribution in [3.63, 3.8) is 0 Å². The lowest BCUT2D eigenvalue weighted by Gasteiger charge is -2.27. The van der Waals surface area contributed by atoms with Crippen molar-refractivity contribution in [3.05, 3.63) is 35.9 Å². The maximum absolute atomic E-state index is 13.0. The van der Waals surface area contributed by atoms with Gasteiger partial charge in [0.25, 0.3) is 0 Å². The van der Waals surface area contributed by atoms with Crippen molar-refractivity contribution in [2.75, 3.05) is 20.6 Å². The smallest absolute Gasteiger partial charge is 0.243 e. The number of nitrogens with zero attached hydrogens (tertiary/aromatic N) is 2. The van der Waals surface area contributed by atoms with Crippen LogP contribution in [0.5, 0.6) is 0 Å². The van der Waals surface area contributed by atoms with Crippen molar-refractivity contribution in [3.8, 4) is 0 Å². The summed E-state index contributed by atoms with van der Waals surface area (Å²) >= 11 is 0. The number of primary amides is 1. The van der Waals surface area contributed by atoms with Gasteiger partial charge in [-0.2, -0.15) is 0 Å². The number of guanidine groups is 1. The van der Waals surface area contributed by atoms with Gasteiger partial charge in [0.15, 0.2) is 5.96 Å². The Labute approximate surface area is 196 Å². The monoisotopic (exact) mass is 461 g/mol. The summed E-state index contributed by atoms with van der Waals surface area (Å²) in [5.74, 6) is -1.31. The molecule has 1 aromatic carbocycles. The van der Waals surface area contributed by atoms with E-state index in [0.29, 0.717) is 31.8 Å². The van der Waals surface area contributed by atoms with E-state index in [9.17, 15) is 14.4 Å². The van der Waals surface area contributed by atoms with Gasteiger partial charge < -0.3 is 32.7 Å². The lowest BCUT2D eigenvalue weighted by atomic mass is 9.96. The summed E-state index contributed by atoms with van der Waals surface area (Å²) in [4.78, 5) is 43.5. The first-order valence-corrected chi connectivity index (χ1v) is 11.2. The standard InChI is InChI=1S/C23H39N7O3/c1-5-15(2)19(29-21(32)17(24)12-9-13-27-23(26)30(3)4)22(33)28-18(20(25)31)14-16-10-7-6-8-11-16/h6-8,10-11,15,17-19H,5,9,12-14,24H2,1-4H3,(H2,25,31)(H2,26,27)(H,28,33)(H,29,32)/t15-,17-,18-,19-/m0/s1. The van der Waals surface area contributed by atoms with Crippen molar-refractivity contribution in [2.45, 2.75) is 57.7 Å². The number of nitrogens with one attached hydrogen (secondary N) is 2. The molecule has 4 atom stereocenters. The zero-order valence-electron chi connectivity index (χ0n) is 20.1. The zero-order valence-corrected chi connectivity index (χ0v) is 20.1. The minimum Gasteiger partial charge on any atom is -0.370 e. The topological polar surface area (TPSA) is 169 Å². The Kier molecular flexibility index (Phi) is 11.9. The molecule has 0 saturated heterocycles. The van der Waals surface area contributed by atoms with E-state index in [1.165, 1.54) is 0 Å². The van der Waals surface area contributed by atoms with Gasteiger partial charge in [-0.3, -0.25) is 19.4 Å². The Hall–Kier alpha value is -3.14. The van der Waals surface area contributed by atoms with Crippen molar-refractivity contribution in [1.82, 2.24) is 15.5 Å². The maximum Gasteiger partial charge on any atom is 0.243 e. The largest absolute Gasteiger partial charge is 0.370 e. The van der Waals surface area contributed by atoms with E-state index >= 15 is 0 Å². The summed E-state index contributed by atoms with van der Waals surface area (Å²) in [5.41, 5.74) is 18.1. The second-order valence-electron chi connectivity index (χ2n) is 8.41. The van der Waals surface area contributed by atoms with Crippen LogP contribution in [0.2, 0.25) is 0 Å². The second kappa shape index (κ2) is 14.1. The van der Waals surface area contributed by atoms with Crippen molar-refractivity contribution >= 4 is 23.7 Å². The van der Waals surface area contributed by atoms with Gasteiger partial charge in [0.2, 0.25) is 17.7 Å². The van der Waals surface area contributed by atoms with Crippen LogP contribution in [0.25, 0.3) is 0 Å². The Bertz CT molecular complexity index is 799. The fourth-order valence-electron chi connectivity index (χ4n) is 3.07. The van der Waals surface area contributed by atoms with E-state index in [-0.39, 0.29) is 12.3 Å². The number of benzene rings is 1. The molecule has 0 unspecified atom stereocenters. The highest BCUT2D eigenvalue weighted by Gasteiger charge is 2.30. The first kappa shape index (κ1) is 27.9. The molecule has 8 N–H and O–H groups in total. The number of hydrogen-bond donors (Lipinski definition) is 5. The first-order valence-electron chi connectivity index (χ1n) is 11.2. The molecule has 0 heterocycles. The average molecular weight is 462 g/mol. The van der Waals surface area contributed by atoms with Crippen LogP contribution in [-0.2, 0) is 20.8 Å². The van der Waals surface area contributed by atoms with Gasteiger partial charge in [-0.15, -0.1) is 0 Å². The van der Waals surface area contributed by atoms with Gasteiger partial charge in [-0.25, -0.2) is 0 Å². The van der Waals surface area contributed by atoms with Crippen LogP contribution in [0.4, 0.5) is 0 Å². The molecule has 0 radical (unpaired) electrons. The molecule has 1 rings (SSSR count). The lowest BCUT2D eigenvalue weighted by Crippen LogP contribution is -2.57. The molecule has 184 valence electrons. The first-order chi connectivity index (χ1) is 15.6. The van der Waals surface area contributed by atoms with Crippen LogP contribution in [0, 0.1) is 5.92 Å². The van der Waals surface area contributed by atoms with Crippen molar-refractivity contribution in [1.29, 1.82) is 0 Å². The fraction of sp³-hybridized carbons (Fsp3) is 0.565. The van der Waals surface area contributed by atoms with Gasteiger partial charge in [0.1, 0.15) is 12.1 Å². The second-order valence-corrected chi connectivity index (χ2v) is 8.41. The van der Waals surface area contributed by atoms with Crippen LogP contribution in [0.15, 0.2) is 35.3 Å². The van der Waals surface area contributed by atoms with E-state index in [1.807, 2.05) is 44.2 Å². The minimum atomic E-state index is -0.892. The number of carbonyl (C=O) groups excluding carboxylic acids is 3. The molecule has 3 amide bonds. The Morgan fingerprint density at radius 3 is 2.24 bits per heavy atom. The Morgan fingerprint density at radius 2 is 1.70 bits per heavy atom. The van der Waals surface area contributed by atoms with Crippen LogP contribution >= 0.6 is 0 Å². The SMILES string of the molecule is CC[C@H](C)[C@H](NC(=O)[C@@H](N)CCC/N=C(\N)N(C)C)C(=O)N[C@@H](Cc1ccccc1)C(N)=O. The quantitative estimate of drug-likeness (QED) is 0.154. The minimum absolute atomic E-state index is 0.170. The number of rotatable bonds is 13. The van der Waals surface area contributed by atoms with Crippen LogP contribution in [-0.4, -0.2) is 67.3 Å². The van der Waals surface area contributed by atoms with Crippen molar-refractivity contribution in [2.24, 2.45) is 28.1 Å². The van der Waals surface area contributed by atoms with E-state index in [2.05, 4.69) is 15.6 Å². The number of nitrogens with two attached hydrogens (primary N) is 3. The molecule has 0 saturated carbocycles. The molecule has 10 heteroatoms. The number of carbonyl (C=O) groups is 3. The summed E-state index contributed by atoms with van der Waals surface area (Å²) in [6, 6.07) is 6.74. The molecule has 10 nitrogen and oxygen atoms in total. The maximum atomic E-state index is 13.0. The van der Waals surface area contributed by atoms with Gasteiger partial charge >= 0.3 is 0 Å². The highest BCUT2D eigenvalue weighted by Crippen LogP contribution is 2.10. The Morgan fingerprint density at radius 1 is 1.06 bits per heavy atom. The predicted molar refractivity (Wildman–Crippen MR) is 130 cm³/mol. The van der Waals surface area contributed by atoms with Gasteiger partial charge in [-0.1, -0.05) is 50.6 Å². The van der Waals surface area contributed by atoms with Crippen LogP contribution in [0.3, 0.4) is 0 Å². The average Bonchev–Trinajstić information content (AvgIpc) is 2.79. The van der Waals surface area contributed by atoms with Crippen LogP contribution in [0.1, 0.15) is 38.7 Å². The number of aliphatic imine (C=N–C) groups is 1. The molecule has 0 spiro atoms. The fourth-order valence-corrected chi connectivity index (χ4v) is 3.07. The Balaban J connectivity index is 2.75. The van der Waals surface area contributed by atoms with E-state index in [0.717, 1.165) is 5.56 Å². The molecule has 0 aliphatic heterocycles. The lowest BCUT2D eigenvalue weighted by molar-refractivity contribution is -0.132. The normalized spacial score (nSPS) is 15.1. The third kappa shape index (κ3) is 9.90. The summed E-state index contributed by atoms with van der Waals surface area (Å²) in [7, 11) is 3.58. The molecule has 33 heavy (non-hydrogen) atoms. The van der Waals surface area contributed by atoms with Gasteiger partial charge in [0.05, 0.1) is 6.04 Å². The number of hydrogen-bond acceptors (Lipinski definition) is 5. The van der Waals surface area contributed by atoms with E-state index < -0.39 is 35.8 Å². The predicted octanol–water partition coefficient (Wildman–Crippen LogP) is -0.286. The van der Waals surface area contributed by atoms with Gasteiger partial charge in [0, 0.05) is 27.1 Å². The third-order valence-electron chi connectivity index (χ3n) is 5.48. The van der Waals surface area contributed by atoms with Crippen LogP contribution < -0.4 is 27.8 Å². The molecule has 0 aromatic heterocycles. The summed E-state index contributed by atoms with van der Waals surface area (Å²) < 4.78 is 0. The molecular weight excluding hydrogens is 422 g/mol. The van der Waals surface area contributed by atoms with Crippen molar-refractivity contribution < 1.29 is 14.4 Å². The molecule has 0 aliphatic rings. The highest BCUT2D eigenvalue weighted by atomic mass is 16.2. The van der Waals surface area contributed by atoms with E-state index in [4.69, 9.17) is 17.2 Å². The number of amides is 3.